The molecule has 3 rings (SSSR count). The molecule has 6 nitrogen and oxygen atoms in total. The molecule has 0 atom stereocenters. The number of anilines is 2. The van der Waals surface area contributed by atoms with Crippen LogP contribution in [0.15, 0.2) is 6.33 Å². The Morgan fingerprint density at radius 1 is 1.44 bits per heavy atom. The SMILES string of the molecule is COc1c(N)ncnc1N1CC2(COC2)C1. The van der Waals surface area contributed by atoms with E-state index in [1.165, 1.54) is 6.33 Å². The molecule has 1 aromatic rings. The summed E-state index contributed by atoms with van der Waals surface area (Å²) in [4.78, 5) is 10.3. The second-order valence-electron chi connectivity index (χ2n) is 4.46. The van der Waals surface area contributed by atoms with E-state index in [0.717, 1.165) is 32.1 Å². The summed E-state index contributed by atoms with van der Waals surface area (Å²) in [6, 6.07) is 0. The third-order valence-electron chi connectivity index (χ3n) is 3.19. The topological polar surface area (TPSA) is 73.5 Å². The number of methoxy groups -OCH3 is 1. The van der Waals surface area contributed by atoms with Crippen LogP contribution in [0.25, 0.3) is 0 Å². The first kappa shape index (κ1) is 9.65. The Hall–Kier alpha value is -1.56. The molecule has 3 heterocycles. The van der Waals surface area contributed by atoms with Gasteiger partial charge in [0.25, 0.3) is 0 Å². The third-order valence-corrected chi connectivity index (χ3v) is 3.19. The van der Waals surface area contributed by atoms with Gasteiger partial charge in [0, 0.05) is 13.1 Å². The van der Waals surface area contributed by atoms with E-state index in [1.54, 1.807) is 7.11 Å². The number of aromatic nitrogens is 2. The van der Waals surface area contributed by atoms with E-state index in [4.69, 9.17) is 15.2 Å². The summed E-state index contributed by atoms with van der Waals surface area (Å²) in [7, 11) is 1.58. The number of hydrogen-bond acceptors (Lipinski definition) is 6. The van der Waals surface area contributed by atoms with Gasteiger partial charge in [-0.25, -0.2) is 9.97 Å². The van der Waals surface area contributed by atoms with Crippen molar-refractivity contribution in [2.24, 2.45) is 5.41 Å². The van der Waals surface area contributed by atoms with Crippen molar-refractivity contribution in [2.45, 2.75) is 0 Å². The Bertz CT molecular complexity index is 411. The van der Waals surface area contributed by atoms with Gasteiger partial charge in [-0.15, -0.1) is 0 Å². The van der Waals surface area contributed by atoms with Gasteiger partial charge in [-0.05, 0) is 0 Å². The third kappa shape index (κ3) is 1.23. The molecule has 2 N–H and O–H groups in total. The average molecular weight is 222 g/mol. The minimum Gasteiger partial charge on any atom is -0.490 e. The summed E-state index contributed by atoms with van der Waals surface area (Å²) < 4.78 is 10.5. The van der Waals surface area contributed by atoms with Gasteiger partial charge >= 0.3 is 0 Å². The summed E-state index contributed by atoms with van der Waals surface area (Å²) in [6.45, 7) is 3.62. The van der Waals surface area contributed by atoms with Crippen LogP contribution in [0.4, 0.5) is 11.6 Å². The minimum absolute atomic E-state index is 0.352. The van der Waals surface area contributed by atoms with E-state index in [1.807, 2.05) is 0 Å². The van der Waals surface area contributed by atoms with Gasteiger partial charge < -0.3 is 20.1 Å². The van der Waals surface area contributed by atoms with E-state index in [2.05, 4.69) is 14.9 Å². The second kappa shape index (κ2) is 3.21. The number of nitrogens with two attached hydrogens (primary N) is 1. The van der Waals surface area contributed by atoms with Gasteiger partial charge in [-0.2, -0.15) is 0 Å². The van der Waals surface area contributed by atoms with E-state index in [-0.39, 0.29) is 0 Å². The fraction of sp³-hybridized carbons (Fsp3) is 0.600. The lowest BCUT2D eigenvalue weighted by atomic mass is 9.78. The van der Waals surface area contributed by atoms with Crippen LogP contribution >= 0.6 is 0 Å². The number of ether oxygens (including phenoxy) is 2. The average Bonchev–Trinajstić information content (AvgIpc) is 2.13. The number of nitrogen functional groups attached to an aromatic ring is 1. The zero-order valence-corrected chi connectivity index (χ0v) is 9.14. The summed E-state index contributed by atoms with van der Waals surface area (Å²) in [5.74, 6) is 1.74. The van der Waals surface area contributed by atoms with Gasteiger partial charge in [0.15, 0.2) is 11.6 Å². The molecule has 0 aliphatic carbocycles. The highest BCUT2D eigenvalue weighted by atomic mass is 16.5. The van der Waals surface area contributed by atoms with Crippen molar-refractivity contribution in [3.05, 3.63) is 6.33 Å². The van der Waals surface area contributed by atoms with Crippen molar-refractivity contribution in [3.63, 3.8) is 0 Å². The molecule has 1 aromatic heterocycles. The van der Waals surface area contributed by atoms with Crippen LogP contribution in [0.5, 0.6) is 5.75 Å². The Morgan fingerprint density at radius 2 is 2.19 bits per heavy atom. The Labute approximate surface area is 93.4 Å². The lowest BCUT2D eigenvalue weighted by Crippen LogP contribution is -2.66. The zero-order valence-electron chi connectivity index (χ0n) is 9.14. The lowest BCUT2D eigenvalue weighted by molar-refractivity contribution is -0.127. The van der Waals surface area contributed by atoms with Crippen LogP contribution in [0.1, 0.15) is 0 Å². The highest BCUT2D eigenvalue weighted by Crippen LogP contribution is 2.42. The molecule has 0 unspecified atom stereocenters. The summed E-state index contributed by atoms with van der Waals surface area (Å²) >= 11 is 0. The van der Waals surface area contributed by atoms with Crippen LogP contribution in [0.3, 0.4) is 0 Å². The molecule has 86 valence electrons. The van der Waals surface area contributed by atoms with E-state index in [9.17, 15) is 0 Å². The van der Waals surface area contributed by atoms with Gasteiger partial charge in [-0.3, -0.25) is 0 Å². The molecule has 2 aliphatic heterocycles. The fourth-order valence-corrected chi connectivity index (χ4v) is 2.29. The van der Waals surface area contributed by atoms with Crippen molar-refractivity contribution >= 4 is 11.6 Å². The Kier molecular flexibility index (Phi) is 1.94. The highest BCUT2D eigenvalue weighted by molar-refractivity contribution is 5.64. The van der Waals surface area contributed by atoms with Gasteiger partial charge in [0.05, 0.1) is 25.7 Å². The second-order valence-corrected chi connectivity index (χ2v) is 4.46. The van der Waals surface area contributed by atoms with Crippen LogP contribution in [-0.2, 0) is 4.74 Å². The Balaban J connectivity index is 1.82. The van der Waals surface area contributed by atoms with Crippen molar-refractivity contribution in [2.75, 3.05) is 44.0 Å². The number of hydrogen-bond donors (Lipinski definition) is 1. The first-order chi connectivity index (χ1) is 7.74. The Morgan fingerprint density at radius 3 is 2.75 bits per heavy atom. The monoisotopic (exact) mass is 222 g/mol. The summed E-state index contributed by atoms with van der Waals surface area (Å²) in [6.07, 6.45) is 1.47. The molecule has 2 saturated heterocycles. The summed E-state index contributed by atoms with van der Waals surface area (Å²) in [5, 5.41) is 0. The maximum atomic E-state index is 5.74. The van der Waals surface area contributed by atoms with Crippen molar-refractivity contribution in [3.8, 4) is 5.75 Å². The van der Waals surface area contributed by atoms with Gasteiger partial charge in [-0.1, -0.05) is 0 Å². The first-order valence-electron chi connectivity index (χ1n) is 5.21. The van der Waals surface area contributed by atoms with Crippen LogP contribution in [0.2, 0.25) is 0 Å². The van der Waals surface area contributed by atoms with Crippen molar-refractivity contribution < 1.29 is 9.47 Å². The molecular formula is C10H14N4O2. The predicted molar refractivity (Wildman–Crippen MR) is 58.5 cm³/mol. The van der Waals surface area contributed by atoms with Gasteiger partial charge in [0.2, 0.25) is 5.75 Å². The quantitative estimate of drug-likeness (QED) is 0.753. The molecule has 2 aliphatic rings. The molecule has 0 bridgehead atoms. The molecule has 16 heavy (non-hydrogen) atoms. The molecule has 0 aromatic carbocycles. The minimum atomic E-state index is 0.352. The molecule has 1 spiro atoms. The predicted octanol–water partition coefficient (Wildman–Crippen LogP) is -0.0960. The molecule has 2 fully saturated rings. The molecular weight excluding hydrogens is 208 g/mol. The smallest absolute Gasteiger partial charge is 0.204 e. The van der Waals surface area contributed by atoms with Crippen LogP contribution in [-0.4, -0.2) is 43.4 Å². The normalized spacial score (nSPS) is 21.4. The van der Waals surface area contributed by atoms with Crippen molar-refractivity contribution in [1.29, 1.82) is 0 Å². The van der Waals surface area contributed by atoms with Crippen molar-refractivity contribution in [1.82, 2.24) is 9.97 Å². The van der Waals surface area contributed by atoms with E-state index in [0.29, 0.717) is 17.0 Å². The molecule has 0 radical (unpaired) electrons. The number of nitrogens with zero attached hydrogens (tertiary/aromatic N) is 3. The highest BCUT2D eigenvalue weighted by Gasteiger charge is 2.50. The standard InChI is InChI=1S/C10H14N4O2/c1-15-7-8(11)12-6-13-9(7)14-2-10(3-14)4-16-5-10/h6H,2-5H2,1H3,(H2,11,12,13). The largest absolute Gasteiger partial charge is 0.490 e. The summed E-state index contributed by atoms with van der Waals surface area (Å²) in [5.41, 5.74) is 6.09. The van der Waals surface area contributed by atoms with E-state index < -0.39 is 0 Å². The van der Waals surface area contributed by atoms with Gasteiger partial charge in [0.1, 0.15) is 6.33 Å². The van der Waals surface area contributed by atoms with E-state index >= 15 is 0 Å². The molecule has 0 saturated carbocycles. The van der Waals surface area contributed by atoms with Crippen LogP contribution in [0, 0.1) is 5.41 Å². The number of rotatable bonds is 2. The maximum absolute atomic E-state index is 5.74. The first-order valence-corrected chi connectivity index (χ1v) is 5.21. The zero-order chi connectivity index (χ0) is 11.2. The molecule has 0 amide bonds. The van der Waals surface area contributed by atoms with Crippen LogP contribution < -0.4 is 15.4 Å². The maximum Gasteiger partial charge on any atom is 0.204 e. The fourth-order valence-electron chi connectivity index (χ4n) is 2.29. The lowest BCUT2D eigenvalue weighted by Gasteiger charge is -2.55. The molecule has 6 heteroatoms.